The first-order valence-corrected chi connectivity index (χ1v) is 6.83. The van der Waals surface area contributed by atoms with Crippen LogP contribution in [0.1, 0.15) is 47.5 Å². The molecule has 1 rings (SSSR count). The highest BCUT2D eigenvalue weighted by Gasteiger charge is 2.35. The Morgan fingerprint density at radius 1 is 1.29 bits per heavy atom. The summed E-state index contributed by atoms with van der Waals surface area (Å²) < 4.78 is 0. The maximum atomic E-state index is 11.4. The van der Waals surface area contributed by atoms with Gasteiger partial charge in [0, 0.05) is 25.0 Å². The van der Waals surface area contributed by atoms with Crippen LogP contribution in [0.25, 0.3) is 0 Å². The minimum Gasteiger partial charge on any atom is -0.355 e. The minimum atomic E-state index is 0.0827. The molecule has 17 heavy (non-hydrogen) atoms. The molecule has 1 fully saturated rings. The number of nitrogens with one attached hydrogen (secondary N) is 2. The number of amides is 1. The van der Waals surface area contributed by atoms with Crippen LogP contribution < -0.4 is 10.6 Å². The Labute approximate surface area is 106 Å². The van der Waals surface area contributed by atoms with E-state index < -0.39 is 0 Å². The summed E-state index contributed by atoms with van der Waals surface area (Å²) in [4.78, 5) is 11.4. The summed E-state index contributed by atoms with van der Waals surface area (Å²) in [5.41, 5.74) is 0.470. The molecule has 1 aliphatic rings. The van der Waals surface area contributed by atoms with Gasteiger partial charge >= 0.3 is 0 Å². The van der Waals surface area contributed by atoms with Gasteiger partial charge in [-0.15, -0.1) is 0 Å². The maximum absolute atomic E-state index is 11.4. The second-order valence-electron chi connectivity index (χ2n) is 6.56. The molecule has 1 saturated carbocycles. The zero-order valence-electron chi connectivity index (χ0n) is 12.0. The topological polar surface area (TPSA) is 41.1 Å². The van der Waals surface area contributed by atoms with Crippen molar-refractivity contribution in [1.29, 1.82) is 0 Å². The fourth-order valence-electron chi connectivity index (χ4n) is 2.81. The maximum Gasteiger partial charge on any atom is 0.222 e. The first-order valence-electron chi connectivity index (χ1n) is 6.83. The Morgan fingerprint density at radius 2 is 1.94 bits per heavy atom. The Morgan fingerprint density at radius 3 is 2.41 bits per heavy atom. The lowest BCUT2D eigenvalue weighted by Crippen LogP contribution is -2.39. The predicted octanol–water partition coefficient (Wildman–Crippen LogP) is 2.17. The van der Waals surface area contributed by atoms with Gasteiger partial charge in [0.15, 0.2) is 0 Å². The lowest BCUT2D eigenvalue weighted by molar-refractivity contribution is -0.123. The molecule has 0 aromatic carbocycles. The monoisotopic (exact) mass is 240 g/mol. The molecule has 1 aliphatic carbocycles. The van der Waals surface area contributed by atoms with Gasteiger partial charge in [-0.05, 0) is 24.2 Å². The van der Waals surface area contributed by atoms with E-state index in [1.165, 1.54) is 12.8 Å². The van der Waals surface area contributed by atoms with Crippen LogP contribution in [0.3, 0.4) is 0 Å². The molecule has 0 aromatic heterocycles. The second-order valence-corrected chi connectivity index (χ2v) is 6.56. The molecular formula is C14H28N2O. The van der Waals surface area contributed by atoms with Crippen molar-refractivity contribution in [2.24, 2.45) is 17.3 Å². The average Bonchev–Trinajstić information content (AvgIpc) is 2.46. The molecule has 0 heterocycles. The summed E-state index contributed by atoms with van der Waals surface area (Å²) >= 11 is 0. The molecule has 0 spiro atoms. The predicted molar refractivity (Wildman–Crippen MR) is 71.8 cm³/mol. The fraction of sp³-hybridized carbons (Fsp3) is 0.929. The fourth-order valence-corrected chi connectivity index (χ4v) is 2.81. The van der Waals surface area contributed by atoms with Crippen LogP contribution in [0, 0.1) is 17.3 Å². The number of hydrogen-bond donors (Lipinski definition) is 2. The van der Waals surface area contributed by atoms with Crippen molar-refractivity contribution >= 4 is 5.91 Å². The molecule has 0 bridgehead atoms. The van der Waals surface area contributed by atoms with Crippen LogP contribution in [0.15, 0.2) is 0 Å². The minimum absolute atomic E-state index is 0.0827. The number of rotatable bonds is 5. The average molecular weight is 240 g/mol. The van der Waals surface area contributed by atoms with Crippen molar-refractivity contribution in [3.8, 4) is 0 Å². The van der Waals surface area contributed by atoms with E-state index in [2.05, 4.69) is 31.4 Å². The van der Waals surface area contributed by atoms with Crippen molar-refractivity contribution in [3.05, 3.63) is 0 Å². The van der Waals surface area contributed by atoms with Gasteiger partial charge in [0.25, 0.3) is 0 Å². The van der Waals surface area contributed by atoms with Crippen molar-refractivity contribution in [2.45, 2.75) is 53.5 Å². The van der Waals surface area contributed by atoms with Gasteiger partial charge in [-0.25, -0.2) is 0 Å². The quantitative estimate of drug-likeness (QED) is 0.723. The Balaban J connectivity index is 2.17. The van der Waals surface area contributed by atoms with Crippen LogP contribution >= 0.6 is 0 Å². The molecule has 2 atom stereocenters. The van der Waals surface area contributed by atoms with Gasteiger partial charge in [0.05, 0.1) is 0 Å². The van der Waals surface area contributed by atoms with E-state index in [-0.39, 0.29) is 11.8 Å². The van der Waals surface area contributed by atoms with Crippen molar-refractivity contribution in [1.82, 2.24) is 10.6 Å². The summed E-state index contributed by atoms with van der Waals surface area (Å²) in [6.45, 7) is 12.5. The Hall–Kier alpha value is -0.570. The molecule has 3 heteroatoms. The summed E-state index contributed by atoms with van der Waals surface area (Å²) in [5.74, 6) is 0.969. The lowest BCUT2D eigenvalue weighted by atomic mass is 9.91. The number of hydrogen-bond acceptors (Lipinski definition) is 2. The molecule has 1 amide bonds. The van der Waals surface area contributed by atoms with E-state index in [1.807, 2.05) is 13.8 Å². The van der Waals surface area contributed by atoms with E-state index in [0.29, 0.717) is 11.5 Å². The van der Waals surface area contributed by atoms with Crippen LogP contribution in [0.4, 0.5) is 0 Å². The lowest BCUT2D eigenvalue weighted by Gasteiger charge is -2.19. The SMILES string of the molecule is CC(C)C(=O)NCCN[C@H]1CC(C)(C)C[C@H]1C. The van der Waals surface area contributed by atoms with E-state index in [4.69, 9.17) is 0 Å². The van der Waals surface area contributed by atoms with Crippen LogP contribution in [0.2, 0.25) is 0 Å². The third kappa shape index (κ3) is 4.66. The normalized spacial score (nSPS) is 27.4. The van der Waals surface area contributed by atoms with E-state index in [0.717, 1.165) is 19.0 Å². The first kappa shape index (κ1) is 14.5. The highest BCUT2D eigenvalue weighted by atomic mass is 16.1. The molecule has 0 aliphatic heterocycles. The van der Waals surface area contributed by atoms with Gasteiger partial charge in [-0.3, -0.25) is 4.79 Å². The zero-order chi connectivity index (χ0) is 13.1. The number of carbonyl (C=O) groups is 1. The molecule has 100 valence electrons. The number of carbonyl (C=O) groups excluding carboxylic acids is 1. The summed E-state index contributed by atoms with van der Waals surface area (Å²) in [6, 6.07) is 0.612. The zero-order valence-corrected chi connectivity index (χ0v) is 12.0. The van der Waals surface area contributed by atoms with Gasteiger partial charge in [0.1, 0.15) is 0 Å². The molecule has 0 unspecified atom stereocenters. The Kier molecular flexibility index (Phi) is 4.99. The van der Waals surface area contributed by atoms with Crippen molar-refractivity contribution in [2.75, 3.05) is 13.1 Å². The van der Waals surface area contributed by atoms with E-state index in [9.17, 15) is 4.79 Å². The van der Waals surface area contributed by atoms with Gasteiger partial charge in [0.2, 0.25) is 5.91 Å². The van der Waals surface area contributed by atoms with Crippen LogP contribution in [0.5, 0.6) is 0 Å². The molecular weight excluding hydrogens is 212 g/mol. The summed E-state index contributed by atoms with van der Waals surface area (Å²) in [5, 5.41) is 6.51. The third-order valence-electron chi connectivity index (χ3n) is 3.69. The largest absolute Gasteiger partial charge is 0.355 e. The molecule has 0 aromatic rings. The van der Waals surface area contributed by atoms with Gasteiger partial charge < -0.3 is 10.6 Å². The summed E-state index contributed by atoms with van der Waals surface area (Å²) in [7, 11) is 0. The van der Waals surface area contributed by atoms with E-state index >= 15 is 0 Å². The molecule has 0 radical (unpaired) electrons. The second kappa shape index (κ2) is 5.85. The molecule has 2 N–H and O–H groups in total. The molecule has 3 nitrogen and oxygen atoms in total. The van der Waals surface area contributed by atoms with Gasteiger partial charge in [-0.1, -0.05) is 34.6 Å². The van der Waals surface area contributed by atoms with E-state index in [1.54, 1.807) is 0 Å². The van der Waals surface area contributed by atoms with Crippen LogP contribution in [-0.2, 0) is 4.79 Å². The summed E-state index contributed by atoms with van der Waals surface area (Å²) in [6.07, 6.45) is 2.54. The smallest absolute Gasteiger partial charge is 0.222 e. The van der Waals surface area contributed by atoms with Crippen molar-refractivity contribution in [3.63, 3.8) is 0 Å². The van der Waals surface area contributed by atoms with Crippen LogP contribution in [-0.4, -0.2) is 25.0 Å². The third-order valence-corrected chi connectivity index (χ3v) is 3.69. The standard InChI is InChI=1S/C14H28N2O/c1-10(2)13(17)16-7-6-15-12-9-14(4,5)8-11(12)3/h10-12,15H,6-9H2,1-5H3,(H,16,17)/t11-,12+/m1/s1. The molecule has 0 saturated heterocycles. The highest BCUT2D eigenvalue weighted by Crippen LogP contribution is 2.40. The first-order chi connectivity index (χ1) is 7.82. The Bertz CT molecular complexity index is 261. The van der Waals surface area contributed by atoms with Crippen molar-refractivity contribution < 1.29 is 4.79 Å². The highest BCUT2D eigenvalue weighted by molar-refractivity contribution is 5.77. The van der Waals surface area contributed by atoms with Gasteiger partial charge in [-0.2, -0.15) is 0 Å².